The van der Waals surface area contributed by atoms with Crippen LogP contribution in [0.3, 0.4) is 0 Å². The van der Waals surface area contributed by atoms with Crippen LogP contribution < -0.4 is 0 Å². The molecule has 0 amide bonds. The van der Waals surface area contributed by atoms with Gasteiger partial charge < -0.3 is 0 Å². The molecule has 0 saturated heterocycles. The minimum atomic E-state index is 0.132. The predicted molar refractivity (Wildman–Crippen MR) is 55.4 cm³/mol. The molecule has 0 aromatic rings. The first-order chi connectivity index (χ1) is 6.60. The molecule has 0 aromatic heterocycles. The molecule has 4 aliphatic carbocycles. The van der Waals surface area contributed by atoms with Gasteiger partial charge >= 0.3 is 0 Å². The summed E-state index contributed by atoms with van der Waals surface area (Å²) in [7, 11) is 0. The van der Waals surface area contributed by atoms with Crippen LogP contribution in [0.15, 0.2) is 0 Å². The number of fused-ring (bicyclic) bond motifs is 2. The maximum atomic E-state index is 9.26. The van der Waals surface area contributed by atoms with E-state index in [0.29, 0.717) is 5.41 Å². The van der Waals surface area contributed by atoms with E-state index in [0.717, 1.165) is 17.8 Å². The number of hydrogen-bond donors (Lipinski definition) is 0. The number of nitrogens with zero attached hydrogens (tertiary/aromatic N) is 1. The lowest BCUT2D eigenvalue weighted by molar-refractivity contribution is -0.119. The van der Waals surface area contributed by atoms with Gasteiger partial charge in [-0.15, -0.1) is 0 Å². The third-order valence-corrected chi connectivity index (χ3v) is 5.58. The van der Waals surface area contributed by atoms with E-state index in [4.69, 9.17) is 0 Å². The Labute approximate surface area is 86.5 Å². The second-order valence-corrected chi connectivity index (χ2v) is 6.31. The van der Waals surface area contributed by atoms with Crippen LogP contribution in [-0.2, 0) is 0 Å². The number of rotatable bonds is 1. The fraction of sp³-hybridized carbons (Fsp3) is 0.923. The summed E-state index contributed by atoms with van der Waals surface area (Å²) in [4.78, 5) is 0. The first-order valence-electron chi connectivity index (χ1n) is 6.01. The van der Waals surface area contributed by atoms with Gasteiger partial charge in [-0.25, -0.2) is 0 Å². The highest BCUT2D eigenvalue weighted by atomic mass is 14.7. The average Bonchev–Trinajstić information content (AvgIpc) is 2.98. The van der Waals surface area contributed by atoms with Gasteiger partial charge in [0.1, 0.15) is 0 Å². The van der Waals surface area contributed by atoms with E-state index in [-0.39, 0.29) is 5.41 Å². The smallest absolute Gasteiger partial charge is 0.0692 e. The van der Waals surface area contributed by atoms with Crippen molar-refractivity contribution in [2.45, 2.75) is 46.0 Å². The monoisotopic (exact) mass is 189 g/mol. The lowest BCUT2D eigenvalue weighted by atomic mass is 9.43. The van der Waals surface area contributed by atoms with Crippen molar-refractivity contribution in [2.24, 2.45) is 28.6 Å². The maximum Gasteiger partial charge on any atom is 0.0692 e. The molecule has 2 bridgehead atoms. The van der Waals surface area contributed by atoms with Crippen molar-refractivity contribution in [3.05, 3.63) is 0 Å². The second kappa shape index (κ2) is 2.35. The Morgan fingerprint density at radius 2 is 1.86 bits per heavy atom. The highest BCUT2D eigenvalue weighted by Gasteiger charge is 2.62. The van der Waals surface area contributed by atoms with Gasteiger partial charge in [0.15, 0.2) is 0 Å². The second-order valence-electron chi connectivity index (χ2n) is 6.31. The molecule has 4 saturated carbocycles. The van der Waals surface area contributed by atoms with Crippen molar-refractivity contribution >= 4 is 0 Å². The van der Waals surface area contributed by atoms with Crippen molar-refractivity contribution < 1.29 is 0 Å². The number of nitriles is 1. The van der Waals surface area contributed by atoms with Gasteiger partial charge in [-0.2, -0.15) is 5.26 Å². The summed E-state index contributed by atoms with van der Waals surface area (Å²) in [6.45, 7) is 4.84. The van der Waals surface area contributed by atoms with Crippen LogP contribution >= 0.6 is 0 Å². The van der Waals surface area contributed by atoms with Gasteiger partial charge in [0, 0.05) is 0 Å². The van der Waals surface area contributed by atoms with Gasteiger partial charge in [0.2, 0.25) is 0 Å². The summed E-state index contributed by atoms with van der Waals surface area (Å²) in [6.07, 6.45) is 6.52. The highest BCUT2D eigenvalue weighted by Crippen LogP contribution is 2.69. The first kappa shape index (κ1) is 8.77. The van der Waals surface area contributed by atoms with E-state index in [1.807, 2.05) is 0 Å². The molecule has 4 rings (SSSR count). The Bertz CT molecular complexity index is 304. The van der Waals surface area contributed by atoms with Crippen LogP contribution in [0.4, 0.5) is 0 Å². The van der Waals surface area contributed by atoms with E-state index in [1.54, 1.807) is 0 Å². The van der Waals surface area contributed by atoms with Crippen molar-refractivity contribution in [3.63, 3.8) is 0 Å². The first-order valence-corrected chi connectivity index (χ1v) is 6.01. The van der Waals surface area contributed by atoms with E-state index in [2.05, 4.69) is 19.9 Å². The third kappa shape index (κ3) is 0.853. The van der Waals surface area contributed by atoms with Crippen molar-refractivity contribution in [2.75, 3.05) is 0 Å². The molecule has 3 unspecified atom stereocenters. The molecule has 4 aliphatic rings. The lowest BCUT2D eigenvalue weighted by Crippen LogP contribution is -2.54. The summed E-state index contributed by atoms with van der Waals surface area (Å²) in [5.74, 6) is 2.58. The average molecular weight is 189 g/mol. The Morgan fingerprint density at radius 1 is 1.14 bits per heavy atom. The molecule has 76 valence electrons. The third-order valence-electron chi connectivity index (χ3n) is 5.58. The Morgan fingerprint density at radius 3 is 2.29 bits per heavy atom. The van der Waals surface area contributed by atoms with Gasteiger partial charge in [0.25, 0.3) is 0 Å². The Kier molecular flexibility index (Phi) is 1.47. The maximum absolute atomic E-state index is 9.26. The van der Waals surface area contributed by atoms with Gasteiger partial charge in [-0.3, -0.25) is 0 Å². The lowest BCUT2D eigenvalue weighted by Gasteiger charge is -2.61. The molecule has 1 nitrogen and oxygen atoms in total. The fourth-order valence-electron chi connectivity index (χ4n) is 4.17. The zero-order valence-corrected chi connectivity index (χ0v) is 9.21. The summed E-state index contributed by atoms with van der Waals surface area (Å²) >= 11 is 0. The van der Waals surface area contributed by atoms with Gasteiger partial charge in [-0.05, 0) is 55.3 Å². The molecule has 0 N–H and O–H groups in total. The largest absolute Gasteiger partial charge is 0.198 e. The molecular formula is C13H19N. The molecule has 0 radical (unpaired) electrons. The van der Waals surface area contributed by atoms with Crippen molar-refractivity contribution in [1.82, 2.24) is 0 Å². The van der Waals surface area contributed by atoms with Crippen molar-refractivity contribution in [1.29, 1.82) is 5.26 Å². The fourth-order valence-corrected chi connectivity index (χ4v) is 4.17. The van der Waals surface area contributed by atoms with Gasteiger partial charge in [-0.1, -0.05) is 13.8 Å². The summed E-state index contributed by atoms with van der Waals surface area (Å²) < 4.78 is 0. The minimum absolute atomic E-state index is 0.132. The van der Waals surface area contributed by atoms with E-state index >= 15 is 0 Å². The minimum Gasteiger partial charge on any atom is -0.198 e. The van der Waals surface area contributed by atoms with Crippen molar-refractivity contribution in [3.8, 4) is 6.07 Å². The zero-order valence-electron chi connectivity index (χ0n) is 9.21. The molecule has 1 heteroatoms. The molecule has 0 aromatic carbocycles. The summed E-state index contributed by atoms with van der Waals surface area (Å²) in [5, 5.41) is 9.26. The predicted octanol–water partition coefficient (Wildman–Crippen LogP) is 3.36. The normalized spacial score (nSPS) is 46.2. The zero-order chi connectivity index (χ0) is 9.97. The molecular weight excluding hydrogens is 170 g/mol. The van der Waals surface area contributed by atoms with Crippen LogP contribution in [0.1, 0.15) is 46.0 Å². The molecule has 0 spiro atoms. The Hall–Kier alpha value is -0.510. The molecule has 3 atom stereocenters. The summed E-state index contributed by atoms with van der Waals surface area (Å²) in [5.41, 5.74) is 0.683. The molecule has 0 heterocycles. The van der Waals surface area contributed by atoms with E-state index in [9.17, 15) is 5.26 Å². The van der Waals surface area contributed by atoms with E-state index < -0.39 is 0 Å². The topological polar surface area (TPSA) is 23.8 Å². The molecule has 4 fully saturated rings. The molecule has 14 heavy (non-hydrogen) atoms. The quantitative estimate of drug-likeness (QED) is 0.620. The SMILES string of the molecule is CC1(C)C2CCC(C3(C#N)CC3)C1C2. The number of hydrogen-bond acceptors (Lipinski definition) is 1. The van der Waals surface area contributed by atoms with Crippen LogP contribution in [0.5, 0.6) is 0 Å². The molecule has 0 aliphatic heterocycles. The van der Waals surface area contributed by atoms with Crippen LogP contribution in [0, 0.1) is 39.9 Å². The van der Waals surface area contributed by atoms with Gasteiger partial charge in [0.05, 0.1) is 11.5 Å². The highest BCUT2D eigenvalue weighted by molar-refractivity contribution is 5.19. The Balaban J connectivity index is 1.86. The van der Waals surface area contributed by atoms with Crippen LogP contribution in [0.2, 0.25) is 0 Å². The standard InChI is InChI=1S/C13H19N/c1-12(2)9-3-4-10(11(12)7-9)13(8-14)5-6-13/h9-11H,3-7H2,1-2H3. The van der Waals surface area contributed by atoms with E-state index in [1.165, 1.54) is 32.1 Å². The van der Waals surface area contributed by atoms with Crippen LogP contribution in [-0.4, -0.2) is 0 Å². The summed E-state index contributed by atoms with van der Waals surface area (Å²) in [6, 6.07) is 2.61. The van der Waals surface area contributed by atoms with Crippen LogP contribution in [0.25, 0.3) is 0 Å².